The third-order valence-electron chi connectivity index (χ3n) is 4.68. The average Bonchev–Trinajstić information content (AvgIpc) is 2.34. The second kappa shape index (κ2) is 6.17. The fraction of sp³-hybridized carbons (Fsp3) is 1.00. The Bertz CT molecular complexity index is 252. The van der Waals surface area contributed by atoms with Crippen LogP contribution in [0.2, 0.25) is 0 Å². The minimum atomic E-state index is -4.49. The van der Waals surface area contributed by atoms with Gasteiger partial charge in [0.25, 0.3) is 0 Å². The summed E-state index contributed by atoms with van der Waals surface area (Å²) in [6.45, 7) is 4.13. The zero-order valence-corrected chi connectivity index (χ0v) is 13.0. The van der Waals surface area contributed by atoms with Crippen LogP contribution in [0, 0.1) is 0 Å². The molecule has 0 amide bonds. The number of unbranched alkanes of at least 4 members (excludes halogenated alkanes) is 2. The van der Waals surface area contributed by atoms with Crippen molar-refractivity contribution >= 4 is 7.28 Å². The van der Waals surface area contributed by atoms with Crippen LogP contribution in [-0.2, 0) is 0 Å². The third-order valence-corrected chi connectivity index (χ3v) is 8.43. The molecule has 0 unspecified atom stereocenters. The van der Waals surface area contributed by atoms with E-state index in [4.69, 9.17) is 0 Å². The molecule has 0 aromatic carbocycles. The van der Waals surface area contributed by atoms with Crippen molar-refractivity contribution in [3.63, 3.8) is 0 Å². The van der Waals surface area contributed by atoms with E-state index in [1.807, 2.05) is 6.92 Å². The molecule has 0 aromatic rings. The molecule has 0 radical (unpaired) electrons. The zero-order chi connectivity index (χ0) is 13.7. The van der Waals surface area contributed by atoms with E-state index in [1.165, 1.54) is 0 Å². The van der Waals surface area contributed by atoms with Crippen LogP contribution in [0.5, 0.6) is 0 Å². The Morgan fingerprint density at radius 2 is 1.44 bits per heavy atom. The molecule has 4 heteroatoms. The molecule has 1 saturated carbocycles. The molecule has 0 spiro atoms. The van der Waals surface area contributed by atoms with E-state index in [-0.39, 0.29) is 6.16 Å². The zero-order valence-electron chi connectivity index (χ0n) is 12.1. The third kappa shape index (κ3) is 3.45. The summed E-state index contributed by atoms with van der Waals surface area (Å²) in [7, 11) is -4.49. The average molecular weight is 278 g/mol. The number of hydrogen-bond donors (Lipinski definition) is 3. The van der Waals surface area contributed by atoms with Gasteiger partial charge >= 0.3 is 111 Å². The summed E-state index contributed by atoms with van der Waals surface area (Å²) in [6, 6.07) is 0. The van der Waals surface area contributed by atoms with Crippen LogP contribution in [0.1, 0.15) is 78.1 Å². The Kier molecular flexibility index (Phi) is 5.61. The van der Waals surface area contributed by atoms with Gasteiger partial charge in [0.05, 0.1) is 0 Å². The topological polar surface area (TPSA) is 60.7 Å². The fourth-order valence-electron chi connectivity index (χ4n) is 3.34. The first-order chi connectivity index (χ1) is 8.36. The van der Waals surface area contributed by atoms with Crippen molar-refractivity contribution < 1.29 is 14.7 Å². The molecule has 1 fully saturated rings. The molecular formula is C14H31O3P. The maximum atomic E-state index is 10.7. The molecule has 0 aliphatic heterocycles. The van der Waals surface area contributed by atoms with E-state index in [9.17, 15) is 14.7 Å². The first-order valence-electron chi connectivity index (χ1n) is 7.61. The molecule has 18 heavy (non-hydrogen) atoms. The van der Waals surface area contributed by atoms with Gasteiger partial charge in [-0.3, -0.25) is 0 Å². The molecule has 1 rings (SSSR count). The Morgan fingerprint density at radius 3 is 1.94 bits per heavy atom. The Labute approximate surface area is 112 Å². The van der Waals surface area contributed by atoms with Gasteiger partial charge in [0.15, 0.2) is 0 Å². The molecular weight excluding hydrogens is 247 g/mol. The summed E-state index contributed by atoms with van der Waals surface area (Å²) in [6.07, 6.45) is 9.38. The molecule has 110 valence electrons. The molecule has 0 saturated heterocycles. The van der Waals surface area contributed by atoms with Crippen LogP contribution in [0.4, 0.5) is 0 Å². The van der Waals surface area contributed by atoms with Crippen molar-refractivity contribution in [1.29, 1.82) is 0 Å². The Balaban J connectivity index is 2.91. The van der Waals surface area contributed by atoms with Crippen molar-refractivity contribution in [2.45, 2.75) is 83.2 Å². The first-order valence-corrected chi connectivity index (χ1v) is 9.89. The number of hydrogen-bond acceptors (Lipinski definition) is 3. The fourth-order valence-corrected chi connectivity index (χ4v) is 6.56. The van der Waals surface area contributed by atoms with Crippen molar-refractivity contribution in [2.24, 2.45) is 0 Å². The van der Waals surface area contributed by atoms with Gasteiger partial charge in [0, 0.05) is 0 Å². The van der Waals surface area contributed by atoms with E-state index in [0.717, 1.165) is 57.8 Å². The molecule has 0 bridgehead atoms. The van der Waals surface area contributed by atoms with Crippen LogP contribution in [0.3, 0.4) is 0 Å². The Morgan fingerprint density at radius 1 is 0.889 bits per heavy atom. The van der Waals surface area contributed by atoms with Crippen molar-refractivity contribution in [1.82, 2.24) is 0 Å². The summed E-state index contributed by atoms with van der Waals surface area (Å²) in [4.78, 5) is 32.0. The Hall–Kier alpha value is 0.310. The maximum absolute atomic E-state index is 10.7. The quantitative estimate of drug-likeness (QED) is 0.618. The summed E-state index contributed by atoms with van der Waals surface area (Å²) in [5, 5.41) is -0.588. The van der Waals surface area contributed by atoms with Gasteiger partial charge in [-0.2, -0.15) is 0 Å². The normalized spacial score (nSPS) is 22.4. The van der Waals surface area contributed by atoms with E-state index < -0.39 is 12.4 Å². The molecule has 3 N–H and O–H groups in total. The van der Waals surface area contributed by atoms with E-state index in [2.05, 4.69) is 6.92 Å². The molecule has 1 aliphatic rings. The van der Waals surface area contributed by atoms with Crippen LogP contribution in [0.25, 0.3) is 0 Å². The molecule has 1 aliphatic carbocycles. The first kappa shape index (κ1) is 16.4. The van der Waals surface area contributed by atoms with Gasteiger partial charge in [-0.25, -0.2) is 0 Å². The van der Waals surface area contributed by atoms with Gasteiger partial charge in [-0.05, 0) is 0 Å². The van der Waals surface area contributed by atoms with E-state index in [1.54, 1.807) is 0 Å². The van der Waals surface area contributed by atoms with E-state index in [0.29, 0.717) is 6.42 Å². The molecule has 0 aromatic heterocycles. The monoisotopic (exact) mass is 278 g/mol. The van der Waals surface area contributed by atoms with Gasteiger partial charge in [-0.1, -0.05) is 0 Å². The van der Waals surface area contributed by atoms with Crippen LogP contribution >= 0.6 is 7.28 Å². The predicted molar refractivity (Wildman–Crippen MR) is 78.7 cm³/mol. The van der Waals surface area contributed by atoms with Gasteiger partial charge < -0.3 is 0 Å². The standard InChI is InChI=1S/C14H31O3P/c1-3-5-10-14(11-8-7-9-12-14)18(15,16,17)13-6-4-2/h15-17H,3-13H2,1-2H3. The predicted octanol–water partition coefficient (Wildman–Crippen LogP) is 3.95. The van der Waals surface area contributed by atoms with Crippen LogP contribution in [0.15, 0.2) is 0 Å². The number of rotatable bonds is 7. The van der Waals surface area contributed by atoms with E-state index >= 15 is 0 Å². The van der Waals surface area contributed by atoms with Crippen LogP contribution < -0.4 is 0 Å². The SMILES string of the molecule is CCCCC1(P(O)(O)(O)CCCC)CCCCC1. The summed E-state index contributed by atoms with van der Waals surface area (Å²) in [5.41, 5.74) is 0. The van der Waals surface area contributed by atoms with Crippen molar-refractivity contribution in [3.8, 4) is 0 Å². The van der Waals surface area contributed by atoms with Crippen molar-refractivity contribution in [2.75, 3.05) is 6.16 Å². The van der Waals surface area contributed by atoms with Crippen LogP contribution in [-0.4, -0.2) is 26.0 Å². The summed E-state index contributed by atoms with van der Waals surface area (Å²) in [5.74, 6) is 0. The summed E-state index contributed by atoms with van der Waals surface area (Å²) < 4.78 is 0. The molecule has 0 atom stereocenters. The molecule has 3 nitrogen and oxygen atoms in total. The van der Waals surface area contributed by atoms with Crippen molar-refractivity contribution in [3.05, 3.63) is 0 Å². The van der Waals surface area contributed by atoms with Gasteiger partial charge in [-0.15, -0.1) is 0 Å². The van der Waals surface area contributed by atoms with Gasteiger partial charge in [0.2, 0.25) is 0 Å². The summed E-state index contributed by atoms with van der Waals surface area (Å²) >= 11 is 0. The minimum absolute atomic E-state index is 0.200. The second-order valence-corrected chi connectivity index (χ2v) is 9.81. The van der Waals surface area contributed by atoms with Gasteiger partial charge in [0.1, 0.15) is 0 Å². The molecule has 0 heterocycles. The second-order valence-electron chi connectivity index (χ2n) is 6.12.